The van der Waals surface area contributed by atoms with Crippen molar-refractivity contribution >= 4 is 5.97 Å². The molecule has 0 aromatic heterocycles. The van der Waals surface area contributed by atoms with Crippen molar-refractivity contribution in [2.24, 2.45) is 11.8 Å². The number of rotatable bonds is 6. The predicted molar refractivity (Wildman–Crippen MR) is 63.6 cm³/mol. The van der Waals surface area contributed by atoms with E-state index >= 15 is 0 Å². The molecule has 2 nitrogen and oxygen atoms in total. The average molecular weight is 212 g/mol. The van der Waals surface area contributed by atoms with E-state index in [1.54, 1.807) is 6.08 Å². The summed E-state index contributed by atoms with van der Waals surface area (Å²) in [6.07, 6.45) is 5.15. The van der Waals surface area contributed by atoms with Gasteiger partial charge in [-0.25, -0.2) is 4.79 Å². The van der Waals surface area contributed by atoms with Gasteiger partial charge >= 0.3 is 5.97 Å². The minimum Gasteiger partial charge on any atom is -0.459 e. The molecule has 0 unspecified atom stereocenters. The average Bonchev–Trinajstić information content (AvgIpc) is 2.00. The summed E-state index contributed by atoms with van der Waals surface area (Å²) >= 11 is 0. The van der Waals surface area contributed by atoms with Crippen LogP contribution in [0.1, 0.15) is 47.5 Å². The van der Waals surface area contributed by atoms with E-state index in [0.717, 1.165) is 12.8 Å². The number of carbonyl (C=O) groups is 1. The van der Waals surface area contributed by atoms with Gasteiger partial charge in [-0.1, -0.05) is 33.8 Å². The van der Waals surface area contributed by atoms with Crippen molar-refractivity contribution in [3.63, 3.8) is 0 Å². The summed E-state index contributed by atoms with van der Waals surface area (Å²) in [4.78, 5) is 11.3. The molecule has 0 N–H and O–H groups in total. The minimum absolute atomic E-state index is 0.0636. The molecule has 0 rings (SSSR count). The molecular formula is C13H24O2. The summed E-state index contributed by atoms with van der Waals surface area (Å²) in [6.45, 7) is 10.4. The fourth-order valence-electron chi connectivity index (χ4n) is 1.58. The molecule has 0 amide bonds. The van der Waals surface area contributed by atoms with Crippen molar-refractivity contribution in [3.05, 3.63) is 12.2 Å². The van der Waals surface area contributed by atoms with Gasteiger partial charge in [-0.2, -0.15) is 0 Å². The molecule has 15 heavy (non-hydrogen) atoms. The Morgan fingerprint density at radius 2 is 1.60 bits per heavy atom. The second-order valence-corrected chi connectivity index (χ2v) is 4.82. The van der Waals surface area contributed by atoms with Gasteiger partial charge in [-0.3, -0.25) is 0 Å². The molecule has 0 fully saturated rings. The van der Waals surface area contributed by atoms with Crippen LogP contribution in [0.2, 0.25) is 0 Å². The van der Waals surface area contributed by atoms with E-state index in [2.05, 4.69) is 27.7 Å². The Morgan fingerprint density at radius 1 is 1.13 bits per heavy atom. The molecule has 0 bridgehead atoms. The zero-order chi connectivity index (χ0) is 11.8. The lowest BCUT2D eigenvalue weighted by atomic mass is 9.98. The normalized spacial score (nSPS) is 12.0. The van der Waals surface area contributed by atoms with Crippen molar-refractivity contribution in [3.8, 4) is 0 Å². The van der Waals surface area contributed by atoms with E-state index in [1.807, 2.05) is 6.92 Å². The number of carbonyl (C=O) groups excluding carboxylic acids is 1. The number of hydrogen-bond donors (Lipinski definition) is 0. The van der Waals surface area contributed by atoms with Crippen LogP contribution in [0.5, 0.6) is 0 Å². The summed E-state index contributed by atoms with van der Waals surface area (Å²) in [6, 6.07) is 0. The van der Waals surface area contributed by atoms with Crippen LogP contribution in [0.4, 0.5) is 0 Å². The topological polar surface area (TPSA) is 26.3 Å². The lowest BCUT2D eigenvalue weighted by Gasteiger charge is -2.20. The number of ether oxygens (including phenoxy) is 1. The Labute approximate surface area is 93.7 Å². The summed E-state index contributed by atoms with van der Waals surface area (Å²) in [5, 5.41) is 0. The highest BCUT2D eigenvalue weighted by atomic mass is 16.5. The zero-order valence-corrected chi connectivity index (χ0v) is 10.6. The molecule has 0 aliphatic rings. The molecule has 0 aromatic rings. The first-order valence-corrected chi connectivity index (χ1v) is 5.79. The predicted octanol–water partition coefficient (Wildman–Crippen LogP) is 3.57. The SMILES string of the molecule is C/C=C/C(=O)OC(CC(C)C)CC(C)C. The number of allylic oxidation sites excluding steroid dienone is 1. The molecule has 0 aromatic carbocycles. The van der Waals surface area contributed by atoms with Gasteiger partial charge in [0, 0.05) is 6.08 Å². The third-order valence-electron chi connectivity index (χ3n) is 2.05. The van der Waals surface area contributed by atoms with E-state index in [9.17, 15) is 4.79 Å². The maximum absolute atomic E-state index is 11.3. The monoisotopic (exact) mass is 212 g/mol. The van der Waals surface area contributed by atoms with E-state index < -0.39 is 0 Å². The minimum atomic E-state index is -0.219. The third-order valence-corrected chi connectivity index (χ3v) is 2.05. The molecule has 0 aliphatic heterocycles. The first kappa shape index (κ1) is 14.2. The first-order valence-electron chi connectivity index (χ1n) is 5.79. The van der Waals surface area contributed by atoms with Gasteiger partial charge in [0.25, 0.3) is 0 Å². The van der Waals surface area contributed by atoms with Crippen LogP contribution in [0, 0.1) is 11.8 Å². The van der Waals surface area contributed by atoms with E-state index in [4.69, 9.17) is 4.74 Å². The second kappa shape index (κ2) is 7.49. The molecule has 88 valence electrons. The van der Waals surface area contributed by atoms with Crippen LogP contribution in [0.3, 0.4) is 0 Å². The van der Waals surface area contributed by atoms with Gasteiger partial charge < -0.3 is 4.74 Å². The highest BCUT2D eigenvalue weighted by molar-refractivity contribution is 5.81. The second-order valence-electron chi connectivity index (χ2n) is 4.82. The molecule has 0 saturated carbocycles. The standard InChI is InChI=1S/C13H24O2/c1-6-7-13(14)15-12(8-10(2)3)9-11(4)5/h6-7,10-12H,8-9H2,1-5H3/b7-6+. The van der Waals surface area contributed by atoms with Gasteiger partial charge in [-0.15, -0.1) is 0 Å². The van der Waals surface area contributed by atoms with Gasteiger partial charge in [0.15, 0.2) is 0 Å². The highest BCUT2D eigenvalue weighted by Crippen LogP contribution is 2.16. The molecule has 0 spiro atoms. The first-order chi connectivity index (χ1) is 6.95. The number of hydrogen-bond acceptors (Lipinski definition) is 2. The molecule has 0 saturated heterocycles. The Balaban J connectivity index is 4.17. The molecular weight excluding hydrogens is 188 g/mol. The Hall–Kier alpha value is -0.790. The summed E-state index contributed by atoms with van der Waals surface area (Å²) in [5.74, 6) is 0.906. The summed E-state index contributed by atoms with van der Waals surface area (Å²) < 4.78 is 5.39. The maximum Gasteiger partial charge on any atom is 0.330 e. The lowest BCUT2D eigenvalue weighted by molar-refractivity contribution is -0.144. The van der Waals surface area contributed by atoms with E-state index in [0.29, 0.717) is 11.8 Å². The van der Waals surface area contributed by atoms with Crippen molar-refractivity contribution in [1.82, 2.24) is 0 Å². The van der Waals surface area contributed by atoms with Gasteiger partial charge in [-0.05, 0) is 31.6 Å². The number of esters is 1. The van der Waals surface area contributed by atoms with Gasteiger partial charge in [0.1, 0.15) is 6.10 Å². The summed E-state index contributed by atoms with van der Waals surface area (Å²) in [7, 11) is 0. The van der Waals surface area contributed by atoms with Crippen LogP contribution in [-0.4, -0.2) is 12.1 Å². The van der Waals surface area contributed by atoms with Crippen molar-refractivity contribution in [1.29, 1.82) is 0 Å². The molecule has 0 heterocycles. The molecule has 0 atom stereocenters. The van der Waals surface area contributed by atoms with Crippen LogP contribution in [0.25, 0.3) is 0 Å². The van der Waals surface area contributed by atoms with Crippen LogP contribution >= 0.6 is 0 Å². The van der Waals surface area contributed by atoms with Crippen molar-refractivity contribution in [2.45, 2.75) is 53.6 Å². The fraction of sp³-hybridized carbons (Fsp3) is 0.769. The van der Waals surface area contributed by atoms with Crippen LogP contribution in [0.15, 0.2) is 12.2 Å². The van der Waals surface area contributed by atoms with Gasteiger partial charge in [0.05, 0.1) is 0 Å². The molecule has 2 heteroatoms. The molecule has 0 aliphatic carbocycles. The van der Waals surface area contributed by atoms with Crippen molar-refractivity contribution in [2.75, 3.05) is 0 Å². The maximum atomic E-state index is 11.3. The van der Waals surface area contributed by atoms with Gasteiger partial charge in [0.2, 0.25) is 0 Å². The lowest BCUT2D eigenvalue weighted by Crippen LogP contribution is -2.21. The summed E-state index contributed by atoms with van der Waals surface area (Å²) in [5.41, 5.74) is 0. The van der Waals surface area contributed by atoms with Crippen molar-refractivity contribution < 1.29 is 9.53 Å². The van der Waals surface area contributed by atoms with E-state index in [1.165, 1.54) is 6.08 Å². The zero-order valence-electron chi connectivity index (χ0n) is 10.6. The highest BCUT2D eigenvalue weighted by Gasteiger charge is 2.16. The van der Waals surface area contributed by atoms with Crippen LogP contribution in [-0.2, 0) is 9.53 Å². The van der Waals surface area contributed by atoms with Crippen LogP contribution < -0.4 is 0 Å². The smallest absolute Gasteiger partial charge is 0.330 e. The Morgan fingerprint density at radius 3 is 1.93 bits per heavy atom. The molecule has 0 radical (unpaired) electrons. The quantitative estimate of drug-likeness (QED) is 0.497. The fourth-order valence-corrected chi connectivity index (χ4v) is 1.58. The third kappa shape index (κ3) is 8.22. The Bertz CT molecular complexity index is 195. The van der Waals surface area contributed by atoms with E-state index in [-0.39, 0.29) is 12.1 Å². The Kier molecular flexibility index (Phi) is 7.10. The largest absolute Gasteiger partial charge is 0.459 e.